The molecular weight excluding hydrogens is 311 g/mol. The monoisotopic (exact) mass is 331 g/mol. The number of nitrogens with zero attached hydrogens (tertiary/aromatic N) is 2. The Kier molecular flexibility index (Phi) is 3.31. The van der Waals surface area contributed by atoms with Crippen molar-refractivity contribution < 1.29 is 13.3 Å². The summed E-state index contributed by atoms with van der Waals surface area (Å²) in [6.45, 7) is -0.137. The normalized spacial score (nSPS) is 19.5. The molecule has 1 aromatic rings. The lowest BCUT2D eigenvalue weighted by Crippen LogP contribution is -2.45. The van der Waals surface area contributed by atoms with Crippen molar-refractivity contribution in [2.24, 2.45) is 0 Å². The molecule has 0 spiro atoms. The van der Waals surface area contributed by atoms with Crippen molar-refractivity contribution in [2.75, 3.05) is 25.0 Å². The summed E-state index contributed by atoms with van der Waals surface area (Å²) in [5, 5.41) is 0. The van der Waals surface area contributed by atoms with E-state index < -0.39 is 12.9 Å². The van der Waals surface area contributed by atoms with Gasteiger partial charge in [0.15, 0.2) is 5.82 Å². The number of hydrogen-bond donors (Lipinski definition) is 0. The molecule has 0 atom stereocenters. The highest BCUT2D eigenvalue weighted by molar-refractivity contribution is 9.10. The van der Waals surface area contributed by atoms with Gasteiger partial charge in [0.2, 0.25) is 5.91 Å². The van der Waals surface area contributed by atoms with Crippen LogP contribution in [0.15, 0.2) is 22.7 Å². The SMILES string of the molecule is [2H]C([2H])([2H])N(C(C)=O)C1CCN(c2cccc(Br)c2F)CC1. The standard InChI is InChI=1S/C14H18BrFN2O/c1-10(19)17(2)11-6-8-18(9-7-11)13-5-3-4-12(15)14(13)16/h3-5,11H,6-9H2,1-2H3/i2D3. The van der Waals surface area contributed by atoms with Gasteiger partial charge in [0.25, 0.3) is 0 Å². The van der Waals surface area contributed by atoms with E-state index in [4.69, 9.17) is 4.11 Å². The Hall–Kier alpha value is -1.10. The van der Waals surface area contributed by atoms with Gasteiger partial charge in [0.05, 0.1) is 10.2 Å². The van der Waals surface area contributed by atoms with Crippen LogP contribution in [-0.4, -0.2) is 36.9 Å². The van der Waals surface area contributed by atoms with Gasteiger partial charge in [0, 0.05) is 37.1 Å². The zero-order chi connectivity index (χ0) is 16.5. The average molecular weight is 332 g/mol. The predicted octanol–water partition coefficient (Wildman–Crippen LogP) is 3.04. The molecule has 1 heterocycles. The average Bonchev–Trinajstić information content (AvgIpc) is 2.41. The number of benzene rings is 1. The number of rotatable bonds is 2. The van der Waals surface area contributed by atoms with E-state index in [2.05, 4.69) is 15.9 Å². The van der Waals surface area contributed by atoms with Crippen molar-refractivity contribution in [3.8, 4) is 0 Å². The molecule has 0 unspecified atom stereocenters. The number of carbonyl (C=O) groups is 1. The van der Waals surface area contributed by atoms with Crippen LogP contribution in [0.25, 0.3) is 0 Å². The molecule has 0 aromatic heterocycles. The molecule has 1 aromatic carbocycles. The van der Waals surface area contributed by atoms with Gasteiger partial charge in [0.1, 0.15) is 0 Å². The summed E-state index contributed by atoms with van der Waals surface area (Å²) < 4.78 is 37.0. The van der Waals surface area contributed by atoms with Gasteiger partial charge in [-0.3, -0.25) is 4.79 Å². The quantitative estimate of drug-likeness (QED) is 0.831. The molecule has 19 heavy (non-hydrogen) atoms. The first-order chi connectivity index (χ1) is 10.2. The largest absolute Gasteiger partial charge is 0.369 e. The molecular formula is C14H18BrFN2O. The lowest BCUT2D eigenvalue weighted by Gasteiger charge is -2.37. The van der Waals surface area contributed by atoms with E-state index in [-0.39, 0.29) is 11.9 Å². The highest BCUT2D eigenvalue weighted by Gasteiger charge is 2.25. The van der Waals surface area contributed by atoms with Crippen molar-refractivity contribution in [3.63, 3.8) is 0 Å². The van der Waals surface area contributed by atoms with Gasteiger partial charge < -0.3 is 9.80 Å². The first-order valence-corrected chi connectivity index (χ1v) is 7.00. The minimum absolute atomic E-state index is 0.319. The fraction of sp³-hybridized carbons (Fsp3) is 0.500. The highest BCUT2D eigenvalue weighted by atomic mass is 79.9. The van der Waals surface area contributed by atoms with Crippen molar-refractivity contribution >= 4 is 27.5 Å². The minimum Gasteiger partial charge on any atom is -0.369 e. The Morgan fingerprint density at radius 2 is 2.21 bits per heavy atom. The first kappa shape index (κ1) is 10.7. The Morgan fingerprint density at radius 3 is 2.79 bits per heavy atom. The molecule has 1 aliphatic rings. The van der Waals surface area contributed by atoms with Crippen LogP contribution >= 0.6 is 15.9 Å². The Bertz CT molecular complexity index is 560. The van der Waals surface area contributed by atoms with Crippen LogP contribution in [0.3, 0.4) is 0 Å². The van der Waals surface area contributed by atoms with Crippen LogP contribution in [0, 0.1) is 5.82 Å². The summed E-state index contributed by atoms with van der Waals surface area (Å²) in [4.78, 5) is 14.5. The summed E-state index contributed by atoms with van der Waals surface area (Å²) in [7, 11) is 0. The van der Waals surface area contributed by atoms with Gasteiger partial charge >= 0.3 is 0 Å². The zero-order valence-electron chi connectivity index (χ0n) is 13.7. The maximum absolute atomic E-state index is 14.1. The van der Waals surface area contributed by atoms with Gasteiger partial charge in [-0.1, -0.05) is 6.07 Å². The number of amides is 1. The third-order valence-electron chi connectivity index (χ3n) is 3.44. The smallest absolute Gasteiger partial charge is 0.219 e. The molecule has 3 nitrogen and oxygen atoms in total. The van der Waals surface area contributed by atoms with Gasteiger partial charge in [-0.15, -0.1) is 0 Å². The maximum atomic E-state index is 14.1. The molecule has 5 heteroatoms. The molecule has 1 saturated heterocycles. The van der Waals surface area contributed by atoms with Gasteiger partial charge in [-0.05, 0) is 40.9 Å². The molecule has 0 aliphatic carbocycles. The molecule has 0 radical (unpaired) electrons. The fourth-order valence-corrected chi connectivity index (χ4v) is 2.71. The highest BCUT2D eigenvalue weighted by Crippen LogP contribution is 2.28. The molecule has 0 bridgehead atoms. The molecule has 104 valence electrons. The fourth-order valence-electron chi connectivity index (χ4n) is 2.36. The molecule has 0 N–H and O–H groups in total. The maximum Gasteiger partial charge on any atom is 0.219 e. The van der Waals surface area contributed by atoms with Crippen molar-refractivity contribution in [2.45, 2.75) is 25.8 Å². The van der Waals surface area contributed by atoms with Crippen LogP contribution in [0.2, 0.25) is 0 Å². The summed E-state index contributed by atoms with van der Waals surface area (Å²) >= 11 is 3.16. The second kappa shape index (κ2) is 5.90. The lowest BCUT2D eigenvalue weighted by molar-refractivity contribution is -0.129. The van der Waals surface area contributed by atoms with Crippen molar-refractivity contribution in [3.05, 3.63) is 28.5 Å². The summed E-state index contributed by atoms with van der Waals surface area (Å²) in [5.74, 6) is -0.771. The van der Waals surface area contributed by atoms with Gasteiger partial charge in [-0.2, -0.15) is 0 Å². The van der Waals surface area contributed by atoms with Crippen molar-refractivity contribution in [1.29, 1.82) is 0 Å². The molecule has 0 saturated carbocycles. The molecule has 1 aliphatic heterocycles. The van der Waals surface area contributed by atoms with Crippen LogP contribution in [-0.2, 0) is 4.79 Å². The minimum atomic E-state index is -2.43. The van der Waals surface area contributed by atoms with E-state index in [9.17, 15) is 9.18 Å². The van der Waals surface area contributed by atoms with Crippen LogP contribution in [0.1, 0.15) is 23.9 Å². The Labute approximate surface area is 125 Å². The summed E-state index contributed by atoms with van der Waals surface area (Å²) in [6, 6.07) is 4.76. The number of carbonyl (C=O) groups excluding carboxylic acids is 1. The number of piperidine rings is 1. The second-order valence-electron chi connectivity index (χ2n) is 4.68. The van der Waals surface area contributed by atoms with E-state index in [0.29, 0.717) is 36.1 Å². The Balaban J connectivity index is 2.10. The van der Waals surface area contributed by atoms with E-state index in [1.54, 1.807) is 18.2 Å². The molecule has 1 fully saturated rings. The molecule has 2 rings (SSSR count). The first-order valence-electron chi connectivity index (χ1n) is 7.70. The van der Waals surface area contributed by atoms with E-state index in [1.807, 2.05) is 4.90 Å². The molecule has 1 amide bonds. The topological polar surface area (TPSA) is 23.6 Å². The van der Waals surface area contributed by atoms with Crippen LogP contribution in [0.4, 0.5) is 10.1 Å². The number of halogens is 2. The third-order valence-corrected chi connectivity index (χ3v) is 4.05. The summed E-state index contributed by atoms with van der Waals surface area (Å²) in [5.41, 5.74) is 0.496. The van der Waals surface area contributed by atoms with E-state index >= 15 is 0 Å². The van der Waals surface area contributed by atoms with E-state index in [0.717, 1.165) is 4.90 Å². The second-order valence-corrected chi connectivity index (χ2v) is 5.53. The lowest BCUT2D eigenvalue weighted by atomic mass is 10.0. The van der Waals surface area contributed by atoms with E-state index in [1.165, 1.54) is 6.92 Å². The number of anilines is 1. The van der Waals surface area contributed by atoms with Crippen LogP contribution in [0.5, 0.6) is 0 Å². The van der Waals surface area contributed by atoms with Crippen molar-refractivity contribution in [1.82, 2.24) is 4.90 Å². The zero-order valence-corrected chi connectivity index (χ0v) is 12.3. The van der Waals surface area contributed by atoms with Gasteiger partial charge in [-0.25, -0.2) is 4.39 Å². The predicted molar refractivity (Wildman–Crippen MR) is 77.8 cm³/mol. The van der Waals surface area contributed by atoms with Crippen LogP contribution < -0.4 is 4.90 Å². The number of hydrogen-bond acceptors (Lipinski definition) is 2. The summed E-state index contributed by atoms with van der Waals surface area (Å²) in [6.07, 6.45) is 1.01. The Morgan fingerprint density at radius 1 is 1.53 bits per heavy atom. The third kappa shape index (κ3) is 3.08.